The lowest BCUT2D eigenvalue weighted by atomic mass is 10.3. The van der Waals surface area contributed by atoms with Crippen molar-refractivity contribution in [2.75, 3.05) is 0 Å². The summed E-state index contributed by atoms with van der Waals surface area (Å²) in [5.41, 5.74) is 2.17. The van der Waals surface area contributed by atoms with E-state index in [1.54, 1.807) is 0 Å². The summed E-state index contributed by atoms with van der Waals surface area (Å²) in [5, 5.41) is 12.7. The van der Waals surface area contributed by atoms with Gasteiger partial charge in [0.05, 0.1) is 17.9 Å². The molecular formula is C15H23N5. The Bertz CT molecular complexity index is 552. The normalized spacial score (nSPS) is 16.5. The Morgan fingerprint density at radius 1 is 1.25 bits per heavy atom. The third kappa shape index (κ3) is 3.28. The summed E-state index contributed by atoms with van der Waals surface area (Å²) in [4.78, 5) is 0. The molecular weight excluding hydrogens is 250 g/mol. The molecule has 1 unspecified atom stereocenters. The molecule has 2 aromatic rings. The van der Waals surface area contributed by atoms with Crippen LogP contribution in [0.4, 0.5) is 0 Å². The second-order valence-electron chi connectivity index (χ2n) is 5.70. The van der Waals surface area contributed by atoms with Crippen LogP contribution in [0.25, 0.3) is 0 Å². The molecule has 1 atom stereocenters. The minimum absolute atomic E-state index is 0.458. The number of nitrogens with zero attached hydrogens (tertiary/aromatic N) is 4. The summed E-state index contributed by atoms with van der Waals surface area (Å²) in [6.07, 6.45) is 7.82. The zero-order chi connectivity index (χ0) is 13.9. The Kier molecular flexibility index (Phi) is 3.87. The van der Waals surface area contributed by atoms with Crippen molar-refractivity contribution in [1.29, 1.82) is 0 Å². The van der Waals surface area contributed by atoms with Crippen molar-refractivity contribution in [3.8, 4) is 0 Å². The molecule has 0 aromatic carbocycles. The first-order valence-corrected chi connectivity index (χ1v) is 7.54. The molecule has 108 valence electrons. The van der Waals surface area contributed by atoms with Crippen molar-refractivity contribution in [3.63, 3.8) is 0 Å². The molecule has 1 aliphatic rings. The van der Waals surface area contributed by atoms with Gasteiger partial charge in [-0.1, -0.05) is 6.92 Å². The van der Waals surface area contributed by atoms with E-state index in [0.29, 0.717) is 6.04 Å². The first-order valence-electron chi connectivity index (χ1n) is 7.54. The molecule has 0 radical (unpaired) electrons. The van der Waals surface area contributed by atoms with Crippen molar-refractivity contribution in [2.24, 2.45) is 0 Å². The van der Waals surface area contributed by atoms with Gasteiger partial charge in [-0.05, 0) is 38.3 Å². The first-order chi connectivity index (χ1) is 9.74. The smallest absolute Gasteiger partial charge is 0.0849 e. The highest BCUT2D eigenvalue weighted by atomic mass is 15.3. The third-order valence-corrected chi connectivity index (χ3v) is 3.88. The van der Waals surface area contributed by atoms with Crippen LogP contribution in [0.2, 0.25) is 0 Å². The fourth-order valence-electron chi connectivity index (χ4n) is 2.18. The van der Waals surface area contributed by atoms with Crippen molar-refractivity contribution < 1.29 is 0 Å². The van der Waals surface area contributed by atoms with E-state index >= 15 is 0 Å². The van der Waals surface area contributed by atoms with Crippen LogP contribution in [0, 0.1) is 0 Å². The molecule has 0 bridgehead atoms. The van der Waals surface area contributed by atoms with Gasteiger partial charge >= 0.3 is 0 Å². The molecule has 2 heterocycles. The van der Waals surface area contributed by atoms with Gasteiger partial charge in [0.25, 0.3) is 0 Å². The maximum Gasteiger partial charge on any atom is 0.0849 e. The van der Waals surface area contributed by atoms with E-state index in [1.165, 1.54) is 12.8 Å². The molecule has 1 fully saturated rings. The van der Waals surface area contributed by atoms with E-state index in [1.807, 2.05) is 15.6 Å². The van der Waals surface area contributed by atoms with Crippen LogP contribution < -0.4 is 5.32 Å². The van der Waals surface area contributed by atoms with Crippen molar-refractivity contribution >= 4 is 0 Å². The number of hydrogen-bond donors (Lipinski definition) is 1. The standard InChI is InChI=1S/C15H23N5/c1-3-12(2)20-9-7-15(18-20)11-19-8-6-14(17-19)10-16-13-4-5-13/h6-9,12-13,16H,3-5,10-11H2,1-2H3. The maximum atomic E-state index is 4.61. The Labute approximate surface area is 120 Å². The molecule has 5 heteroatoms. The minimum atomic E-state index is 0.458. The van der Waals surface area contributed by atoms with E-state index in [0.717, 1.165) is 36.9 Å². The van der Waals surface area contributed by atoms with Gasteiger partial charge in [0, 0.05) is 31.0 Å². The van der Waals surface area contributed by atoms with Gasteiger partial charge in [-0.2, -0.15) is 10.2 Å². The van der Waals surface area contributed by atoms with E-state index in [2.05, 4.69) is 47.7 Å². The monoisotopic (exact) mass is 273 g/mol. The zero-order valence-electron chi connectivity index (χ0n) is 12.3. The molecule has 1 saturated carbocycles. The van der Waals surface area contributed by atoms with Crippen LogP contribution in [-0.2, 0) is 13.1 Å². The van der Waals surface area contributed by atoms with Crippen molar-refractivity contribution in [1.82, 2.24) is 24.9 Å². The SMILES string of the molecule is CCC(C)n1ccc(Cn2ccc(CNC3CC3)n2)n1. The minimum Gasteiger partial charge on any atom is -0.308 e. The van der Waals surface area contributed by atoms with Gasteiger partial charge in [-0.25, -0.2) is 0 Å². The summed E-state index contributed by atoms with van der Waals surface area (Å²) < 4.78 is 4.00. The Hall–Kier alpha value is -1.62. The van der Waals surface area contributed by atoms with E-state index in [-0.39, 0.29) is 0 Å². The Morgan fingerprint density at radius 3 is 2.80 bits per heavy atom. The van der Waals surface area contributed by atoms with Gasteiger partial charge in [0.2, 0.25) is 0 Å². The average molecular weight is 273 g/mol. The molecule has 0 aliphatic heterocycles. The van der Waals surface area contributed by atoms with Crippen LogP contribution in [0.1, 0.15) is 50.5 Å². The zero-order valence-corrected chi connectivity index (χ0v) is 12.3. The highest BCUT2D eigenvalue weighted by molar-refractivity contribution is 5.04. The fraction of sp³-hybridized carbons (Fsp3) is 0.600. The number of hydrogen-bond acceptors (Lipinski definition) is 3. The molecule has 0 amide bonds. The van der Waals surface area contributed by atoms with E-state index < -0.39 is 0 Å². The Balaban J connectivity index is 1.57. The van der Waals surface area contributed by atoms with E-state index in [4.69, 9.17) is 0 Å². The second-order valence-corrected chi connectivity index (χ2v) is 5.70. The van der Waals surface area contributed by atoms with Crippen molar-refractivity contribution in [3.05, 3.63) is 35.9 Å². The molecule has 20 heavy (non-hydrogen) atoms. The van der Waals surface area contributed by atoms with Gasteiger partial charge in [-0.3, -0.25) is 9.36 Å². The molecule has 5 nitrogen and oxygen atoms in total. The summed E-state index contributed by atoms with van der Waals surface area (Å²) in [5.74, 6) is 0. The summed E-state index contributed by atoms with van der Waals surface area (Å²) >= 11 is 0. The molecule has 1 N–H and O–H groups in total. The number of rotatable bonds is 7. The van der Waals surface area contributed by atoms with E-state index in [9.17, 15) is 0 Å². The lowest BCUT2D eigenvalue weighted by Gasteiger charge is -2.08. The topological polar surface area (TPSA) is 47.7 Å². The van der Waals surface area contributed by atoms with Crippen LogP contribution in [0.15, 0.2) is 24.5 Å². The molecule has 1 aliphatic carbocycles. The maximum absolute atomic E-state index is 4.61. The molecule has 2 aromatic heterocycles. The van der Waals surface area contributed by atoms with Gasteiger partial charge in [-0.15, -0.1) is 0 Å². The largest absolute Gasteiger partial charge is 0.308 e. The predicted octanol–water partition coefficient (Wildman–Crippen LogP) is 2.35. The predicted molar refractivity (Wildman–Crippen MR) is 78.4 cm³/mol. The molecule has 3 rings (SSSR count). The summed E-state index contributed by atoms with van der Waals surface area (Å²) in [6, 6.07) is 5.35. The van der Waals surface area contributed by atoms with Crippen LogP contribution >= 0.6 is 0 Å². The number of nitrogens with one attached hydrogen (secondary N) is 1. The lowest BCUT2D eigenvalue weighted by Crippen LogP contribution is -2.16. The van der Waals surface area contributed by atoms with Gasteiger partial charge < -0.3 is 5.32 Å². The summed E-state index contributed by atoms with van der Waals surface area (Å²) in [6.45, 7) is 5.98. The van der Waals surface area contributed by atoms with Crippen molar-refractivity contribution in [2.45, 2.75) is 58.3 Å². The molecule has 0 spiro atoms. The van der Waals surface area contributed by atoms with Gasteiger partial charge in [0.1, 0.15) is 0 Å². The highest BCUT2D eigenvalue weighted by Gasteiger charge is 2.20. The van der Waals surface area contributed by atoms with Crippen LogP contribution in [0.5, 0.6) is 0 Å². The van der Waals surface area contributed by atoms with Crippen LogP contribution in [-0.4, -0.2) is 25.6 Å². The number of aromatic nitrogens is 4. The fourth-order valence-corrected chi connectivity index (χ4v) is 2.18. The van der Waals surface area contributed by atoms with Gasteiger partial charge in [0.15, 0.2) is 0 Å². The average Bonchev–Trinajstić information content (AvgIpc) is 2.99. The second kappa shape index (κ2) is 5.79. The third-order valence-electron chi connectivity index (χ3n) is 3.88. The quantitative estimate of drug-likeness (QED) is 0.842. The first kappa shape index (κ1) is 13.4. The highest BCUT2D eigenvalue weighted by Crippen LogP contribution is 2.19. The molecule has 0 saturated heterocycles. The lowest BCUT2D eigenvalue weighted by molar-refractivity contribution is 0.470. The summed E-state index contributed by atoms with van der Waals surface area (Å²) in [7, 11) is 0. The Morgan fingerprint density at radius 2 is 2.05 bits per heavy atom. The van der Waals surface area contributed by atoms with Crippen LogP contribution in [0.3, 0.4) is 0 Å².